The van der Waals surface area contributed by atoms with Crippen molar-refractivity contribution in [3.8, 4) is 0 Å². The van der Waals surface area contributed by atoms with Gasteiger partial charge in [0.05, 0.1) is 6.54 Å². The average molecular weight is 345 g/mol. The van der Waals surface area contributed by atoms with Crippen LogP contribution in [-0.2, 0) is 24.4 Å². The highest BCUT2D eigenvalue weighted by Gasteiger charge is 2.24. The largest absolute Gasteiger partial charge is 0.377 e. The number of rotatable bonds is 8. The molecule has 0 aliphatic carbocycles. The van der Waals surface area contributed by atoms with E-state index >= 15 is 0 Å². The Morgan fingerprint density at radius 3 is 3.12 bits per heavy atom. The Morgan fingerprint density at radius 1 is 1.36 bits per heavy atom. The first-order valence-corrected chi connectivity index (χ1v) is 9.08. The standard InChI is InChI=1S/C17H27N7O/c1-3-4-10-24-17(20-21-22-24)12-23-9-5-6-14(11-23)15-7-8-18-16(19-15)13-25-2/h7-8,14H,3-6,9-13H2,1-2H3/t14-/m1/s1. The van der Waals surface area contributed by atoms with Crippen molar-refractivity contribution in [2.45, 2.75) is 58.2 Å². The van der Waals surface area contributed by atoms with Crippen LogP contribution in [0.3, 0.4) is 0 Å². The summed E-state index contributed by atoms with van der Waals surface area (Å²) in [6, 6.07) is 2.03. The number of unbranched alkanes of at least 4 members (excludes halogenated alkanes) is 1. The van der Waals surface area contributed by atoms with Crippen molar-refractivity contribution in [1.29, 1.82) is 0 Å². The Balaban J connectivity index is 1.63. The maximum atomic E-state index is 5.15. The fourth-order valence-electron chi connectivity index (χ4n) is 3.30. The third kappa shape index (κ3) is 4.79. The van der Waals surface area contributed by atoms with Gasteiger partial charge in [0.15, 0.2) is 11.6 Å². The minimum Gasteiger partial charge on any atom is -0.377 e. The van der Waals surface area contributed by atoms with E-state index in [1.54, 1.807) is 7.11 Å². The molecular formula is C17H27N7O. The number of ether oxygens (including phenoxy) is 1. The molecule has 0 radical (unpaired) electrons. The molecule has 1 fully saturated rings. The monoisotopic (exact) mass is 345 g/mol. The molecule has 0 spiro atoms. The molecule has 2 aromatic rings. The molecule has 0 N–H and O–H groups in total. The molecule has 8 heteroatoms. The van der Waals surface area contributed by atoms with E-state index < -0.39 is 0 Å². The lowest BCUT2D eigenvalue weighted by molar-refractivity contribution is 0.175. The fraction of sp³-hybridized carbons (Fsp3) is 0.706. The highest BCUT2D eigenvalue weighted by atomic mass is 16.5. The van der Waals surface area contributed by atoms with E-state index in [0.717, 1.165) is 69.2 Å². The van der Waals surface area contributed by atoms with Crippen molar-refractivity contribution in [3.05, 3.63) is 29.6 Å². The maximum absolute atomic E-state index is 5.15. The lowest BCUT2D eigenvalue weighted by Gasteiger charge is -2.32. The van der Waals surface area contributed by atoms with E-state index in [0.29, 0.717) is 12.5 Å². The summed E-state index contributed by atoms with van der Waals surface area (Å²) < 4.78 is 7.09. The Kier molecular flexibility index (Phi) is 6.41. The number of hydrogen-bond acceptors (Lipinski definition) is 7. The predicted molar refractivity (Wildman–Crippen MR) is 92.7 cm³/mol. The molecule has 8 nitrogen and oxygen atoms in total. The van der Waals surface area contributed by atoms with E-state index in [4.69, 9.17) is 4.74 Å². The lowest BCUT2D eigenvalue weighted by Crippen LogP contribution is -2.35. The summed E-state index contributed by atoms with van der Waals surface area (Å²) in [6.07, 6.45) is 6.39. The van der Waals surface area contributed by atoms with E-state index in [1.807, 2.05) is 16.9 Å². The number of hydrogen-bond donors (Lipinski definition) is 0. The van der Waals surface area contributed by atoms with Crippen LogP contribution in [0, 0.1) is 0 Å². The zero-order valence-corrected chi connectivity index (χ0v) is 15.1. The molecule has 136 valence electrons. The summed E-state index contributed by atoms with van der Waals surface area (Å²) in [5, 5.41) is 12.2. The quantitative estimate of drug-likeness (QED) is 0.721. The summed E-state index contributed by atoms with van der Waals surface area (Å²) in [5.41, 5.74) is 1.11. The van der Waals surface area contributed by atoms with Crippen LogP contribution in [0.5, 0.6) is 0 Å². The topological polar surface area (TPSA) is 81.9 Å². The number of aromatic nitrogens is 6. The van der Waals surface area contributed by atoms with Gasteiger partial charge in [-0.3, -0.25) is 4.90 Å². The second-order valence-corrected chi connectivity index (χ2v) is 6.58. The van der Waals surface area contributed by atoms with Gasteiger partial charge < -0.3 is 4.74 Å². The van der Waals surface area contributed by atoms with Gasteiger partial charge in [0.2, 0.25) is 0 Å². The van der Waals surface area contributed by atoms with Gasteiger partial charge in [0.1, 0.15) is 6.61 Å². The van der Waals surface area contributed by atoms with Gasteiger partial charge in [0.25, 0.3) is 0 Å². The van der Waals surface area contributed by atoms with Crippen molar-refractivity contribution in [2.75, 3.05) is 20.2 Å². The molecule has 25 heavy (non-hydrogen) atoms. The van der Waals surface area contributed by atoms with Crippen LogP contribution < -0.4 is 0 Å². The number of tetrazole rings is 1. The smallest absolute Gasteiger partial charge is 0.165 e. The Hall–Kier alpha value is -1.93. The third-order valence-electron chi connectivity index (χ3n) is 4.62. The molecule has 0 aromatic carbocycles. The molecular weight excluding hydrogens is 318 g/mol. The van der Waals surface area contributed by atoms with Crippen LogP contribution in [0.4, 0.5) is 0 Å². The van der Waals surface area contributed by atoms with Crippen molar-refractivity contribution in [1.82, 2.24) is 35.1 Å². The Bertz CT molecular complexity index is 660. The van der Waals surface area contributed by atoms with Crippen molar-refractivity contribution >= 4 is 0 Å². The molecule has 0 amide bonds. The lowest BCUT2D eigenvalue weighted by atomic mass is 9.94. The highest BCUT2D eigenvalue weighted by Crippen LogP contribution is 2.26. The average Bonchev–Trinajstić information content (AvgIpc) is 3.08. The predicted octanol–water partition coefficient (Wildman–Crippen LogP) is 1.79. The summed E-state index contributed by atoms with van der Waals surface area (Å²) in [4.78, 5) is 11.4. The molecule has 1 saturated heterocycles. The van der Waals surface area contributed by atoms with Gasteiger partial charge in [0, 0.05) is 38.0 Å². The highest BCUT2D eigenvalue weighted by molar-refractivity contribution is 5.10. The number of aryl methyl sites for hydroxylation is 1. The normalized spacial score (nSPS) is 18.6. The molecule has 1 aliphatic heterocycles. The zero-order valence-electron chi connectivity index (χ0n) is 15.1. The first-order valence-electron chi connectivity index (χ1n) is 9.08. The van der Waals surface area contributed by atoms with Gasteiger partial charge in [-0.15, -0.1) is 5.10 Å². The van der Waals surface area contributed by atoms with Crippen LogP contribution >= 0.6 is 0 Å². The fourth-order valence-corrected chi connectivity index (χ4v) is 3.30. The van der Waals surface area contributed by atoms with Crippen molar-refractivity contribution in [3.63, 3.8) is 0 Å². The molecule has 1 aliphatic rings. The van der Waals surface area contributed by atoms with Gasteiger partial charge in [-0.25, -0.2) is 14.6 Å². The SMILES string of the molecule is CCCCn1nnnc1CN1CCC[C@@H](c2ccnc(COC)n2)C1. The second-order valence-electron chi connectivity index (χ2n) is 6.58. The number of piperidine rings is 1. The number of likely N-dealkylation sites (tertiary alicyclic amines) is 1. The van der Waals surface area contributed by atoms with E-state index in [2.05, 4.69) is 37.3 Å². The Labute approximate surface area is 148 Å². The van der Waals surface area contributed by atoms with Crippen LogP contribution in [0.2, 0.25) is 0 Å². The van der Waals surface area contributed by atoms with Gasteiger partial charge >= 0.3 is 0 Å². The number of nitrogens with zero attached hydrogens (tertiary/aromatic N) is 7. The molecule has 0 bridgehead atoms. The summed E-state index contributed by atoms with van der Waals surface area (Å²) in [5.74, 6) is 2.13. The third-order valence-corrected chi connectivity index (χ3v) is 4.62. The van der Waals surface area contributed by atoms with Crippen molar-refractivity contribution in [2.24, 2.45) is 0 Å². The van der Waals surface area contributed by atoms with E-state index in [-0.39, 0.29) is 0 Å². The van der Waals surface area contributed by atoms with Gasteiger partial charge in [-0.1, -0.05) is 13.3 Å². The van der Waals surface area contributed by atoms with Crippen LogP contribution in [0.25, 0.3) is 0 Å². The first-order chi connectivity index (χ1) is 12.3. The number of methoxy groups -OCH3 is 1. The molecule has 0 saturated carbocycles. The maximum Gasteiger partial charge on any atom is 0.165 e. The summed E-state index contributed by atoms with van der Waals surface area (Å²) >= 11 is 0. The molecule has 3 heterocycles. The van der Waals surface area contributed by atoms with E-state index in [1.165, 1.54) is 0 Å². The molecule has 1 atom stereocenters. The first kappa shape index (κ1) is 17.9. The van der Waals surface area contributed by atoms with Gasteiger partial charge in [-0.05, 0) is 42.3 Å². The summed E-state index contributed by atoms with van der Waals surface area (Å²) in [6.45, 7) is 6.37. The molecule has 0 unspecified atom stereocenters. The molecule has 2 aromatic heterocycles. The van der Waals surface area contributed by atoms with Crippen LogP contribution in [0.15, 0.2) is 12.3 Å². The van der Waals surface area contributed by atoms with Crippen LogP contribution in [0.1, 0.15) is 55.9 Å². The summed E-state index contributed by atoms with van der Waals surface area (Å²) in [7, 11) is 1.67. The molecule has 3 rings (SSSR count). The van der Waals surface area contributed by atoms with Gasteiger partial charge in [-0.2, -0.15) is 0 Å². The Morgan fingerprint density at radius 2 is 2.28 bits per heavy atom. The zero-order chi connectivity index (χ0) is 17.5. The second kappa shape index (κ2) is 8.96. The van der Waals surface area contributed by atoms with E-state index in [9.17, 15) is 0 Å². The minimum atomic E-state index is 0.423. The van der Waals surface area contributed by atoms with Crippen molar-refractivity contribution < 1.29 is 4.74 Å². The minimum absolute atomic E-state index is 0.423. The van der Waals surface area contributed by atoms with Crippen LogP contribution in [-0.4, -0.2) is 55.3 Å².